The van der Waals surface area contributed by atoms with Crippen molar-refractivity contribution in [2.45, 2.75) is 5.41 Å². The molecule has 69 heavy (non-hydrogen) atoms. The summed E-state index contributed by atoms with van der Waals surface area (Å²) in [6.45, 7) is 0. The predicted octanol–water partition coefficient (Wildman–Crippen LogP) is 16.6. The van der Waals surface area contributed by atoms with Crippen LogP contribution >= 0.6 is 22.6 Å². The summed E-state index contributed by atoms with van der Waals surface area (Å²) in [6.07, 6.45) is 0. The number of fused-ring (bicyclic) bond motifs is 10. The van der Waals surface area contributed by atoms with Crippen LogP contribution in [-0.2, 0) is 5.41 Å². The van der Waals surface area contributed by atoms with Gasteiger partial charge in [0.2, 0.25) is 0 Å². The van der Waals surface area contributed by atoms with Crippen molar-refractivity contribution in [2.24, 2.45) is 0 Å². The predicted molar refractivity (Wildman–Crippen MR) is 291 cm³/mol. The van der Waals surface area contributed by atoms with Crippen molar-refractivity contribution in [3.05, 3.63) is 275 Å². The standard InChI is InChI=1S/C64H41IN4/c65-49-36-32-45(33-37-49)62-66-61(44-18-5-2-6-19-44)67-63(68-62)48-22-13-20-46(40-48)47-21-14-23-51(41-47)69(50-38-34-43(35-39-50)42-16-3-1-4-17-42)59-31-15-30-58-60(59)54-26-9-12-29-57(54)64(58)55-27-10-7-24-52(55)53-25-8-11-28-56(53)64/h1-41H. The van der Waals surface area contributed by atoms with Crippen LogP contribution in [0.5, 0.6) is 0 Å². The number of aromatic nitrogens is 3. The highest BCUT2D eigenvalue weighted by atomic mass is 127. The summed E-state index contributed by atoms with van der Waals surface area (Å²) in [5.41, 5.74) is 20.4. The third-order valence-electron chi connectivity index (χ3n) is 13.8. The minimum absolute atomic E-state index is 0.464. The van der Waals surface area contributed by atoms with E-state index in [1.807, 2.05) is 30.3 Å². The Morgan fingerprint density at radius 1 is 0.304 bits per heavy atom. The normalized spacial score (nSPS) is 12.5. The van der Waals surface area contributed by atoms with Gasteiger partial charge in [0.15, 0.2) is 17.5 Å². The summed E-state index contributed by atoms with van der Waals surface area (Å²) in [5, 5.41) is 0. The van der Waals surface area contributed by atoms with E-state index in [9.17, 15) is 0 Å². The average molecular weight is 993 g/mol. The smallest absolute Gasteiger partial charge is 0.164 e. The Balaban J connectivity index is 0.980. The first-order chi connectivity index (χ1) is 34.1. The minimum Gasteiger partial charge on any atom is -0.310 e. The van der Waals surface area contributed by atoms with Gasteiger partial charge in [-0.15, -0.1) is 0 Å². The van der Waals surface area contributed by atoms with Crippen LogP contribution < -0.4 is 4.90 Å². The van der Waals surface area contributed by atoms with Gasteiger partial charge in [0.1, 0.15) is 0 Å². The van der Waals surface area contributed by atoms with Gasteiger partial charge in [-0.05, 0) is 132 Å². The molecule has 10 aromatic carbocycles. The molecule has 0 atom stereocenters. The number of rotatable bonds is 8. The minimum atomic E-state index is -0.464. The molecule has 0 bridgehead atoms. The second kappa shape index (κ2) is 16.8. The number of halogens is 1. The van der Waals surface area contributed by atoms with E-state index in [1.54, 1.807) is 0 Å². The van der Waals surface area contributed by atoms with Crippen LogP contribution in [0.2, 0.25) is 0 Å². The fourth-order valence-corrected chi connectivity index (χ4v) is 11.1. The van der Waals surface area contributed by atoms with E-state index in [0.717, 1.165) is 48.4 Å². The van der Waals surface area contributed by atoms with Gasteiger partial charge in [0, 0.05) is 37.2 Å². The molecule has 1 spiro atoms. The topological polar surface area (TPSA) is 41.9 Å². The number of hydrogen-bond acceptors (Lipinski definition) is 4. The van der Waals surface area contributed by atoms with Crippen LogP contribution in [0.4, 0.5) is 17.1 Å². The summed E-state index contributed by atoms with van der Waals surface area (Å²) in [4.78, 5) is 17.6. The Morgan fingerprint density at radius 3 is 1.39 bits per heavy atom. The van der Waals surface area contributed by atoms with Crippen LogP contribution in [0.1, 0.15) is 22.3 Å². The van der Waals surface area contributed by atoms with Crippen LogP contribution in [0.15, 0.2) is 249 Å². The molecule has 0 radical (unpaired) electrons. The van der Waals surface area contributed by atoms with Gasteiger partial charge in [0.05, 0.1) is 11.1 Å². The molecule has 2 aliphatic rings. The molecular formula is C64H41IN4. The van der Waals surface area contributed by atoms with Crippen LogP contribution in [0.25, 0.3) is 78.7 Å². The summed E-state index contributed by atoms with van der Waals surface area (Å²) < 4.78 is 1.15. The lowest BCUT2D eigenvalue weighted by Gasteiger charge is -2.32. The van der Waals surface area contributed by atoms with Gasteiger partial charge in [-0.3, -0.25) is 0 Å². The fraction of sp³-hybridized carbons (Fsp3) is 0.0156. The molecule has 4 nitrogen and oxygen atoms in total. The van der Waals surface area contributed by atoms with Crippen molar-refractivity contribution >= 4 is 39.7 Å². The average Bonchev–Trinajstić information content (AvgIpc) is 3.90. The lowest BCUT2D eigenvalue weighted by atomic mass is 9.70. The SMILES string of the molecule is Ic1ccc(-c2nc(-c3ccccc3)nc(-c3cccc(-c4cccc(N(c5ccc(-c6ccccc6)cc5)c5cccc6c5-c5ccccc5C65c6ccccc6-c6ccccc65)c4)c3)n2)cc1. The molecule has 1 heterocycles. The van der Waals surface area contributed by atoms with Crippen LogP contribution in [0.3, 0.4) is 0 Å². The highest BCUT2D eigenvalue weighted by Crippen LogP contribution is 2.64. The van der Waals surface area contributed by atoms with Crippen molar-refractivity contribution in [3.8, 4) is 78.7 Å². The zero-order valence-electron chi connectivity index (χ0n) is 37.3. The summed E-state index contributed by atoms with van der Waals surface area (Å²) in [7, 11) is 0. The molecule has 0 saturated carbocycles. The number of anilines is 3. The largest absolute Gasteiger partial charge is 0.310 e. The van der Waals surface area contributed by atoms with E-state index in [0.29, 0.717) is 17.5 Å². The first-order valence-electron chi connectivity index (χ1n) is 23.3. The van der Waals surface area contributed by atoms with Crippen molar-refractivity contribution in [1.82, 2.24) is 15.0 Å². The molecule has 13 rings (SSSR count). The fourth-order valence-electron chi connectivity index (χ4n) is 10.8. The maximum Gasteiger partial charge on any atom is 0.164 e. The molecule has 5 heteroatoms. The molecule has 324 valence electrons. The van der Waals surface area contributed by atoms with E-state index in [2.05, 4.69) is 246 Å². The van der Waals surface area contributed by atoms with Gasteiger partial charge >= 0.3 is 0 Å². The van der Waals surface area contributed by atoms with E-state index in [4.69, 9.17) is 15.0 Å². The molecule has 0 fully saturated rings. The third kappa shape index (κ3) is 6.83. The van der Waals surface area contributed by atoms with E-state index < -0.39 is 5.41 Å². The van der Waals surface area contributed by atoms with Gasteiger partial charge in [0.25, 0.3) is 0 Å². The molecular weight excluding hydrogens is 952 g/mol. The van der Waals surface area contributed by atoms with Crippen molar-refractivity contribution in [1.29, 1.82) is 0 Å². The summed E-state index contributed by atoms with van der Waals surface area (Å²) in [6, 6.07) is 89.6. The lowest BCUT2D eigenvalue weighted by molar-refractivity contribution is 0.794. The van der Waals surface area contributed by atoms with Gasteiger partial charge in [-0.25, -0.2) is 15.0 Å². The molecule has 0 unspecified atom stereocenters. The van der Waals surface area contributed by atoms with E-state index in [1.165, 1.54) is 55.6 Å². The number of nitrogens with zero attached hydrogens (tertiary/aromatic N) is 4. The quantitative estimate of drug-likeness (QED) is 0.142. The van der Waals surface area contributed by atoms with Crippen LogP contribution in [0, 0.1) is 3.57 Å². The first-order valence-corrected chi connectivity index (χ1v) is 24.4. The van der Waals surface area contributed by atoms with Gasteiger partial charge < -0.3 is 4.90 Å². The first kappa shape index (κ1) is 41.0. The summed E-state index contributed by atoms with van der Waals surface area (Å²) in [5.74, 6) is 1.90. The highest BCUT2D eigenvalue weighted by molar-refractivity contribution is 14.1. The highest BCUT2D eigenvalue weighted by Gasteiger charge is 2.52. The second-order valence-electron chi connectivity index (χ2n) is 17.6. The maximum atomic E-state index is 5.10. The number of benzene rings is 10. The van der Waals surface area contributed by atoms with Gasteiger partial charge in [-0.1, -0.05) is 200 Å². The molecule has 11 aromatic rings. The zero-order valence-corrected chi connectivity index (χ0v) is 39.5. The van der Waals surface area contributed by atoms with Gasteiger partial charge in [-0.2, -0.15) is 0 Å². The van der Waals surface area contributed by atoms with Crippen molar-refractivity contribution < 1.29 is 0 Å². The molecule has 0 aliphatic heterocycles. The van der Waals surface area contributed by atoms with Crippen molar-refractivity contribution in [2.75, 3.05) is 4.90 Å². The Hall–Kier alpha value is -8.26. The second-order valence-corrected chi connectivity index (χ2v) is 18.9. The molecule has 0 N–H and O–H groups in total. The third-order valence-corrected chi connectivity index (χ3v) is 14.5. The summed E-state index contributed by atoms with van der Waals surface area (Å²) >= 11 is 2.33. The molecule has 2 aliphatic carbocycles. The van der Waals surface area contributed by atoms with E-state index in [-0.39, 0.29) is 0 Å². The Morgan fingerprint density at radius 2 is 0.739 bits per heavy atom. The Kier molecular flexibility index (Phi) is 9.98. The monoisotopic (exact) mass is 992 g/mol. The molecule has 0 saturated heterocycles. The molecule has 0 amide bonds. The Bertz CT molecular complexity index is 3690. The van der Waals surface area contributed by atoms with Crippen molar-refractivity contribution in [3.63, 3.8) is 0 Å². The zero-order chi connectivity index (χ0) is 45.9. The number of hydrogen-bond donors (Lipinski definition) is 0. The van der Waals surface area contributed by atoms with E-state index >= 15 is 0 Å². The maximum absolute atomic E-state index is 5.10. The lowest BCUT2D eigenvalue weighted by Crippen LogP contribution is -2.26. The van der Waals surface area contributed by atoms with Crippen LogP contribution in [-0.4, -0.2) is 15.0 Å². The molecule has 1 aromatic heterocycles. The Labute approximate surface area is 415 Å².